The molecule has 0 unspecified atom stereocenters. The van der Waals surface area contributed by atoms with Gasteiger partial charge >= 0.3 is 0 Å². The molecule has 0 spiro atoms. The van der Waals surface area contributed by atoms with Crippen molar-refractivity contribution in [1.29, 1.82) is 0 Å². The molecule has 2 nitrogen and oxygen atoms in total. The Hall–Kier alpha value is -1.57. The van der Waals surface area contributed by atoms with Crippen LogP contribution in [0.15, 0.2) is 36.0 Å². The first-order chi connectivity index (χ1) is 7.15. The van der Waals surface area contributed by atoms with Crippen LogP contribution in [0.25, 0.3) is 0 Å². The number of hydrogen-bond donors (Lipinski definition) is 0. The van der Waals surface area contributed by atoms with E-state index in [4.69, 9.17) is 4.84 Å². The summed E-state index contributed by atoms with van der Waals surface area (Å²) in [6, 6.07) is 6.26. The van der Waals surface area contributed by atoms with Crippen LogP contribution in [-0.2, 0) is 4.84 Å². The lowest BCUT2D eigenvalue weighted by Gasteiger charge is -2.04. The standard InChI is InChI=1S/C13H17NO/c1-5-8-15-14-12(4)13-7-6-10(2)11(3)9-13/h5-7,9H,1,8H2,2-4H3/b14-12+. The van der Waals surface area contributed by atoms with Crippen molar-refractivity contribution in [3.63, 3.8) is 0 Å². The lowest BCUT2D eigenvalue weighted by Crippen LogP contribution is -1.97. The molecule has 0 N–H and O–H groups in total. The van der Waals surface area contributed by atoms with Gasteiger partial charge in [0.15, 0.2) is 0 Å². The topological polar surface area (TPSA) is 21.6 Å². The molecule has 0 aliphatic heterocycles. The molecule has 1 rings (SSSR count). The molecular weight excluding hydrogens is 186 g/mol. The molecule has 2 heteroatoms. The van der Waals surface area contributed by atoms with E-state index in [1.165, 1.54) is 11.1 Å². The van der Waals surface area contributed by atoms with E-state index < -0.39 is 0 Å². The molecule has 0 heterocycles. The molecule has 0 aliphatic rings. The highest BCUT2D eigenvalue weighted by Crippen LogP contribution is 2.10. The first-order valence-electron chi connectivity index (χ1n) is 5.00. The molecule has 0 atom stereocenters. The van der Waals surface area contributed by atoms with Gasteiger partial charge in [0.25, 0.3) is 0 Å². The third-order valence-electron chi connectivity index (χ3n) is 2.32. The Balaban J connectivity index is 2.81. The van der Waals surface area contributed by atoms with Gasteiger partial charge in [-0.1, -0.05) is 29.9 Å². The second kappa shape index (κ2) is 5.35. The molecule has 0 amide bonds. The molecule has 0 aromatic heterocycles. The summed E-state index contributed by atoms with van der Waals surface area (Å²) in [6.45, 7) is 10.1. The van der Waals surface area contributed by atoms with Crippen molar-refractivity contribution in [1.82, 2.24) is 0 Å². The monoisotopic (exact) mass is 203 g/mol. The zero-order chi connectivity index (χ0) is 11.3. The molecule has 1 aromatic rings. The Morgan fingerprint density at radius 2 is 2.13 bits per heavy atom. The Labute approximate surface area is 91.3 Å². The predicted molar refractivity (Wildman–Crippen MR) is 64.3 cm³/mol. The van der Waals surface area contributed by atoms with E-state index in [1.807, 2.05) is 6.92 Å². The van der Waals surface area contributed by atoms with Crippen LogP contribution < -0.4 is 0 Å². The van der Waals surface area contributed by atoms with E-state index >= 15 is 0 Å². The third kappa shape index (κ3) is 3.24. The van der Waals surface area contributed by atoms with Gasteiger partial charge in [0.1, 0.15) is 6.61 Å². The highest BCUT2D eigenvalue weighted by molar-refractivity contribution is 5.98. The van der Waals surface area contributed by atoms with Gasteiger partial charge in [0.05, 0.1) is 5.71 Å². The van der Waals surface area contributed by atoms with E-state index in [9.17, 15) is 0 Å². The average Bonchev–Trinajstić information content (AvgIpc) is 2.22. The van der Waals surface area contributed by atoms with E-state index in [0.29, 0.717) is 6.61 Å². The third-order valence-corrected chi connectivity index (χ3v) is 2.32. The number of benzene rings is 1. The highest BCUT2D eigenvalue weighted by atomic mass is 16.6. The smallest absolute Gasteiger partial charge is 0.135 e. The molecule has 15 heavy (non-hydrogen) atoms. The maximum absolute atomic E-state index is 5.04. The van der Waals surface area contributed by atoms with Crippen LogP contribution in [0.1, 0.15) is 23.6 Å². The lowest BCUT2D eigenvalue weighted by molar-refractivity contribution is 0.175. The van der Waals surface area contributed by atoms with E-state index in [0.717, 1.165) is 11.3 Å². The summed E-state index contributed by atoms with van der Waals surface area (Å²) in [7, 11) is 0. The first kappa shape index (κ1) is 11.5. The van der Waals surface area contributed by atoms with Gasteiger partial charge in [-0.25, -0.2) is 0 Å². The molecule has 0 aliphatic carbocycles. The van der Waals surface area contributed by atoms with Crippen molar-refractivity contribution >= 4 is 5.71 Å². The van der Waals surface area contributed by atoms with Crippen LogP contribution >= 0.6 is 0 Å². The van der Waals surface area contributed by atoms with Gasteiger partial charge in [-0.05, 0) is 43.5 Å². The van der Waals surface area contributed by atoms with Crippen LogP contribution in [0, 0.1) is 13.8 Å². The fourth-order valence-electron chi connectivity index (χ4n) is 1.21. The predicted octanol–water partition coefficient (Wildman–Crippen LogP) is 3.23. The summed E-state index contributed by atoms with van der Waals surface area (Å²) in [5.41, 5.74) is 4.55. The van der Waals surface area contributed by atoms with Crippen LogP contribution in [0.2, 0.25) is 0 Å². The first-order valence-corrected chi connectivity index (χ1v) is 5.00. The van der Waals surface area contributed by atoms with Gasteiger partial charge in [0, 0.05) is 0 Å². The molecule has 0 saturated heterocycles. The minimum Gasteiger partial charge on any atom is -0.391 e. The van der Waals surface area contributed by atoms with Crippen LogP contribution in [0.4, 0.5) is 0 Å². The minimum absolute atomic E-state index is 0.447. The summed E-state index contributed by atoms with van der Waals surface area (Å²) in [6.07, 6.45) is 1.68. The van der Waals surface area contributed by atoms with Gasteiger partial charge < -0.3 is 4.84 Å². The second-order valence-corrected chi connectivity index (χ2v) is 3.56. The molecule has 1 aromatic carbocycles. The maximum Gasteiger partial charge on any atom is 0.135 e. The molecule has 0 fully saturated rings. The molecular formula is C13H17NO. The van der Waals surface area contributed by atoms with Crippen molar-refractivity contribution in [2.75, 3.05) is 6.61 Å². The van der Waals surface area contributed by atoms with Gasteiger partial charge in [-0.3, -0.25) is 0 Å². The maximum atomic E-state index is 5.04. The number of aryl methyl sites for hydroxylation is 2. The Morgan fingerprint density at radius 3 is 2.73 bits per heavy atom. The lowest BCUT2D eigenvalue weighted by atomic mass is 10.0. The van der Waals surface area contributed by atoms with Crippen molar-refractivity contribution in [2.45, 2.75) is 20.8 Å². The van der Waals surface area contributed by atoms with E-state index in [2.05, 4.69) is 43.8 Å². The van der Waals surface area contributed by atoms with Gasteiger partial charge in [0.2, 0.25) is 0 Å². The number of nitrogens with zero attached hydrogens (tertiary/aromatic N) is 1. The van der Waals surface area contributed by atoms with Crippen LogP contribution in [0.5, 0.6) is 0 Å². The summed E-state index contributed by atoms with van der Waals surface area (Å²) in [5.74, 6) is 0. The average molecular weight is 203 g/mol. The van der Waals surface area contributed by atoms with E-state index in [-0.39, 0.29) is 0 Å². The molecule has 0 saturated carbocycles. The van der Waals surface area contributed by atoms with Crippen molar-refractivity contribution in [3.8, 4) is 0 Å². The van der Waals surface area contributed by atoms with Gasteiger partial charge in [-0.15, -0.1) is 0 Å². The summed E-state index contributed by atoms with van der Waals surface area (Å²) >= 11 is 0. The summed E-state index contributed by atoms with van der Waals surface area (Å²) < 4.78 is 0. The van der Waals surface area contributed by atoms with E-state index in [1.54, 1.807) is 6.08 Å². The largest absolute Gasteiger partial charge is 0.391 e. The Kier molecular flexibility index (Phi) is 4.10. The number of hydrogen-bond acceptors (Lipinski definition) is 2. The second-order valence-electron chi connectivity index (χ2n) is 3.56. The molecule has 0 radical (unpaired) electrons. The zero-order valence-corrected chi connectivity index (χ0v) is 9.58. The fourth-order valence-corrected chi connectivity index (χ4v) is 1.21. The SMILES string of the molecule is C=CCO/N=C(\C)c1ccc(C)c(C)c1. The summed E-state index contributed by atoms with van der Waals surface area (Å²) in [5, 5.41) is 4.00. The van der Waals surface area contributed by atoms with Crippen molar-refractivity contribution in [2.24, 2.45) is 5.16 Å². The zero-order valence-electron chi connectivity index (χ0n) is 9.58. The van der Waals surface area contributed by atoms with Crippen LogP contribution in [-0.4, -0.2) is 12.3 Å². The fraction of sp³-hybridized carbons (Fsp3) is 0.308. The minimum atomic E-state index is 0.447. The normalized spacial score (nSPS) is 11.3. The van der Waals surface area contributed by atoms with Crippen molar-refractivity contribution < 1.29 is 4.84 Å². The number of oxime groups is 1. The molecule has 80 valence electrons. The number of rotatable bonds is 4. The van der Waals surface area contributed by atoms with Gasteiger partial charge in [-0.2, -0.15) is 0 Å². The quantitative estimate of drug-likeness (QED) is 0.318. The Bertz CT molecular complexity index is 380. The van der Waals surface area contributed by atoms with Crippen molar-refractivity contribution in [3.05, 3.63) is 47.5 Å². The van der Waals surface area contributed by atoms with Crippen LogP contribution in [0.3, 0.4) is 0 Å². The molecule has 0 bridgehead atoms. The summed E-state index contributed by atoms with van der Waals surface area (Å²) in [4.78, 5) is 5.04. The highest BCUT2D eigenvalue weighted by Gasteiger charge is 1.99. The Morgan fingerprint density at radius 1 is 1.40 bits per heavy atom.